The van der Waals surface area contributed by atoms with Gasteiger partial charge in [0.15, 0.2) is 11.6 Å². The number of nitrogens with one attached hydrogen (secondary N) is 4. The van der Waals surface area contributed by atoms with E-state index in [1.54, 1.807) is 0 Å². The molecule has 0 aliphatic heterocycles. The Morgan fingerprint density at radius 1 is 0.875 bits per heavy atom. The van der Waals surface area contributed by atoms with Gasteiger partial charge in [0.2, 0.25) is 11.8 Å². The fraction of sp³-hybridized carbons (Fsp3) is 0.286. The van der Waals surface area contributed by atoms with Crippen molar-refractivity contribution in [3.63, 3.8) is 0 Å². The molecule has 212 valence electrons. The van der Waals surface area contributed by atoms with E-state index in [0.29, 0.717) is 12.2 Å². The molecule has 0 fully saturated rings. The van der Waals surface area contributed by atoms with Crippen LogP contribution in [0.3, 0.4) is 0 Å². The van der Waals surface area contributed by atoms with Crippen molar-refractivity contribution in [1.29, 1.82) is 0 Å². The SMILES string of the molecule is CCN(CC)CCCNC(=O)Nc1cc(Oc2ccc(NC(=O)CC(=O)Nc3ccc(F)cc3)cc2F)ccn1. The number of pyridine rings is 1. The lowest BCUT2D eigenvalue weighted by molar-refractivity contribution is -0.123. The molecule has 40 heavy (non-hydrogen) atoms. The number of hydrogen-bond acceptors (Lipinski definition) is 6. The van der Waals surface area contributed by atoms with Gasteiger partial charge in [0.25, 0.3) is 0 Å². The van der Waals surface area contributed by atoms with Crippen LogP contribution in [0.2, 0.25) is 0 Å². The third-order valence-corrected chi connectivity index (χ3v) is 5.70. The average molecular weight is 555 g/mol. The summed E-state index contributed by atoms with van der Waals surface area (Å²) in [6.07, 6.45) is 1.70. The van der Waals surface area contributed by atoms with E-state index in [0.717, 1.165) is 32.1 Å². The number of urea groups is 1. The lowest BCUT2D eigenvalue weighted by atomic mass is 10.2. The summed E-state index contributed by atoms with van der Waals surface area (Å²) in [4.78, 5) is 42.7. The summed E-state index contributed by atoms with van der Waals surface area (Å²) in [5.41, 5.74) is 0.465. The molecule has 0 atom stereocenters. The van der Waals surface area contributed by atoms with E-state index in [1.807, 2.05) is 0 Å². The molecule has 0 saturated carbocycles. The van der Waals surface area contributed by atoms with Crippen molar-refractivity contribution in [3.05, 3.63) is 72.4 Å². The Kier molecular flexibility index (Phi) is 11.3. The zero-order chi connectivity index (χ0) is 28.9. The maximum atomic E-state index is 14.7. The maximum Gasteiger partial charge on any atom is 0.320 e. The normalized spacial score (nSPS) is 10.6. The Hall–Kier alpha value is -4.58. The van der Waals surface area contributed by atoms with E-state index < -0.39 is 35.9 Å². The molecule has 1 heterocycles. The number of nitrogens with zero attached hydrogens (tertiary/aromatic N) is 2. The Balaban J connectivity index is 1.48. The molecule has 12 heteroatoms. The monoisotopic (exact) mass is 554 g/mol. The topological polar surface area (TPSA) is 125 Å². The number of aromatic nitrogens is 1. The molecule has 0 aliphatic carbocycles. The quantitative estimate of drug-likeness (QED) is 0.175. The van der Waals surface area contributed by atoms with E-state index in [1.165, 1.54) is 54.7 Å². The number of benzene rings is 2. The van der Waals surface area contributed by atoms with Crippen LogP contribution in [-0.2, 0) is 9.59 Å². The van der Waals surface area contributed by atoms with Crippen LogP contribution in [-0.4, -0.2) is 53.9 Å². The Morgan fingerprint density at radius 2 is 1.55 bits per heavy atom. The molecular weight excluding hydrogens is 522 g/mol. The number of halogens is 2. The largest absolute Gasteiger partial charge is 0.454 e. The number of amides is 4. The van der Waals surface area contributed by atoms with Crippen LogP contribution in [0.15, 0.2) is 60.8 Å². The van der Waals surface area contributed by atoms with Crippen LogP contribution in [0.1, 0.15) is 26.7 Å². The fourth-order valence-corrected chi connectivity index (χ4v) is 3.63. The highest BCUT2D eigenvalue weighted by atomic mass is 19.1. The van der Waals surface area contributed by atoms with Crippen LogP contribution in [0, 0.1) is 11.6 Å². The number of hydrogen-bond donors (Lipinski definition) is 4. The van der Waals surface area contributed by atoms with Gasteiger partial charge in [-0.05, 0) is 68.5 Å². The van der Waals surface area contributed by atoms with E-state index in [9.17, 15) is 23.2 Å². The predicted molar refractivity (Wildman–Crippen MR) is 148 cm³/mol. The van der Waals surface area contributed by atoms with Crippen LogP contribution in [0.25, 0.3) is 0 Å². The summed E-state index contributed by atoms with van der Waals surface area (Å²) in [5.74, 6) is -2.15. The van der Waals surface area contributed by atoms with Crippen molar-refractivity contribution < 1.29 is 27.9 Å². The molecule has 0 radical (unpaired) electrons. The number of ether oxygens (including phenoxy) is 1. The van der Waals surface area contributed by atoms with Crippen LogP contribution in [0.4, 0.5) is 30.8 Å². The summed E-state index contributed by atoms with van der Waals surface area (Å²) in [6, 6.07) is 11.4. The maximum absolute atomic E-state index is 14.7. The fourth-order valence-electron chi connectivity index (χ4n) is 3.63. The van der Waals surface area contributed by atoms with Gasteiger partial charge in [0, 0.05) is 36.2 Å². The molecule has 3 aromatic rings. The molecule has 1 aromatic heterocycles. The highest BCUT2D eigenvalue weighted by Gasteiger charge is 2.13. The predicted octanol–water partition coefficient (Wildman–Crippen LogP) is 4.97. The van der Waals surface area contributed by atoms with Crippen molar-refractivity contribution in [1.82, 2.24) is 15.2 Å². The lowest BCUT2D eigenvalue weighted by Gasteiger charge is -2.17. The summed E-state index contributed by atoms with van der Waals surface area (Å²) in [7, 11) is 0. The highest BCUT2D eigenvalue weighted by molar-refractivity contribution is 6.08. The van der Waals surface area contributed by atoms with Gasteiger partial charge in [0.1, 0.15) is 23.8 Å². The van der Waals surface area contributed by atoms with Gasteiger partial charge < -0.3 is 25.6 Å². The minimum atomic E-state index is -0.758. The molecule has 10 nitrogen and oxygen atoms in total. The average Bonchev–Trinajstić information content (AvgIpc) is 2.92. The molecular formula is C28H32F2N6O4. The first kappa shape index (κ1) is 30.0. The van der Waals surface area contributed by atoms with E-state index in [2.05, 4.69) is 45.0 Å². The summed E-state index contributed by atoms with van der Waals surface area (Å²) >= 11 is 0. The summed E-state index contributed by atoms with van der Waals surface area (Å²) < 4.78 is 33.2. The van der Waals surface area contributed by atoms with E-state index >= 15 is 0 Å². The number of carbonyl (C=O) groups is 3. The lowest BCUT2D eigenvalue weighted by Crippen LogP contribution is -2.32. The molecule has 3 rings (SSSR count). The standard InChI is InChI=1S/C28H32F2N6O4/c1-3-36(4-2)15-5-13-32-28(39)35-25-17-22(12-14-31-25)40-24-11-10-21(16-23(24)30)34-27(38)18-26(37)33-20-8-6-19(29)7-9-20/h6-12,14,16-17H,3-5,13,15,18H2,1-2H3,(H,33,37)(H,34,38)(H2,31,32,35,39). The minimum Gasteiger partial charge on any atom is -0.454 e. The van der Waals surface area contributed by atoms with Crippen molar-refractivity contribution in [2.45, 2.75) is 26.7 Å². The van der Waals surface area contributed by atoms with Crippen molar-refractivity contribution >= 4 is 35.0 Å². The molecule has 0 unspecified atom stereocenters. The molecule has 0 saturated heterocycles. The molecule has 0 aliphatic rings. The zero-order valence-corrected chi connectivity index (χ0v) is 22.3. The van der Waals surface area contributed by atoms with Crippen molar-refractivity contribution in [2.75, 3.05) is 42.1 Å². The molecule has 4 N–H and O–H groups in total. The number of carbonyl (C=O) groups excluding carboxylic acids is 3. The Labute approximate surface area is 231 Å². The molecule has 0 spiro atoms. The number of anilines is 3. The van der Waals surface area contributed by atoms with Gasteiger partial charge in [-0.1, -0.05) is 13.8 Å². The van der Waals surface area contributed by atoms with Crippen molar-refractivity contribution in [3.8, 4) is 11.5 Å². The second kappa shape index (κ2) is 15.1. The summed E-state index contributed by atoms with van der Waals surface area (Å²) in [6.45, 7) is 7.48. The third-order valence-electron chi connectivity index (χ3n) is 5.70. The molecule has 0 bridgehead atoms. The third kappa shape index (κ3) is 9.95. The van der Waals surface area contributed by atoms with Gasteiger partial charge >= 0.3 is 6.03 Å². The first-order chi connectivity index (χ1) is 19.2. The van der Waals surface area contributed by atoms with Gasteiger partial charge in [-0.15, -0.1) is 0 Å². The second-order valence-corrected chi connectivity index (χ2v) is 8.67. The Morgan fingerprint density at radius 3 is 2.23 bits per heavy atom. The van der Waals surface area contributed by atoms with Crippen LogP contribution >= 0.6 is 0 Å². The zero-order valence-electron chi connectivity index (χ0n) is 22.3. The second-order valence-electron chi connectivity index (χ2n) is 8.67. The van der Waals surface area contributed by atoms with Gasteiger partial charge in [-0.3, -0.25) is 14.9 Å². The van der Waals surface area contributed by atoms with E-state index in [-0.39, 0.29) is 23.0 Å². The van der Waals surface area contributed by atoms with Gasteiger partial charge in [0.05, 0.1) is 0 Å². The Bertz CT molecular complexity index is 1300. The minimum absolute atomic E-state index is 0.120. The highest BCUT2D eigenvalue weighted by Crippen LogP contribution is 2.27. The molecule has 4 amide bonds. The summed E-state index contributed by atoms with van der Waals surface area (Å²) in [5, 5.41) is 10.3. The smallest absolute Gasteiger partial charge is 0.320 e. The van der Waals surface area contributed by atoms with Crippen molar-refractivity contribution in [2.24, 2.45) is 0 Å². The van der Waals surface area contributed by atoms with Crippen LogP contribution in [0.5, 0.6) is 11.5 Å². The first-order valence-corrected chi connectivity index (χ1v) is 12.8. The molecule has 2 aromatic carbocycles. The van der Waals surface area contributed by atoms with Gasteiger partial charge in [-0.2, -0.15) is 0 Å². The van der Waals surface area contributed by atoms with Gasteiger partial charge in [-0.25, -0.2) is 18.6 Å². The first-order valence-electron chi connectivity index (χ1n) is 12.8. The van der Waals surface area contributed by atoms with E-state index in [4.69, 9.17) is 4.74 Å². The number of rotatable bonds is 13. The van der Waals surface area contributed by atoms with Crippen LogP contribution < -0.4 is 26.0 Å².